The molecule has 1 amide bonds. The highest BCUT2D eigenvalue weighted by Crippen LogP contribution is 2.29. The van der Waals surface area contributed by atoms with Gasteiger partial charge in [0.05, 0.1) is 4.88 Å². The third kappa shape index (κ3) is 2.29. The molecule has 0 spiro atoms. The lowest BCUT2D eigenvalue weighted by Gasteiger charge is -2.14. The van der Waals surface area contributed by atoms with E-state index in [2.05, 4.69) is 4.98 Å². The second kappa shape index (κ2) is 5.14. The Morgan fingerprint density at radius 2 is 2.53 bits per heavy atom. The van der Waals surface area contributed by atoms with Crippen LogP contribution >= 0.6 is 11.3 Å². The van der Waals surface area contributed by atoms with E-state index in [1.54, 1.807) is 4.90 Å². The lowest BCUT2D eigenvalue weighted by molar-refractivity contribution is 0.0777. The molecule has 100 valence electrons. The third-order valence-corrected chi connectivity index (χ3v) is 4.21. The number of likely N-dealkylation sites (tertiary alicyclic amines) is 1. The van der Waals surface area contributed by atoms with E-state index in [-0.39, 0.29) is 18.4 Å². The summed E-state index contributed by atoms with van der Waals surface area (Å²) in [6.45, 7) is 1.38. The quantitative estimate of drug-likeness (QED) is 0.930. The number of rotatable bonds is 3. The van der Waals surface area contributed by atoms with Gasteiger partial charge in [0.15, 0.2) is 17.8 Å². The fourth-order valence-corrected chi connectivity index (χ4v) is 3.01. The minimum atomic E-state index is -0.117. The highest BCUT2D eigenvalue weighted by atomic mass is 32.1. The van der Waals surface area contributed by atoms with Crippen LogP contribution in [0.4, 0.5) is 0 Å². The van der Waals surface area contributed by atoms with Crippen molar-refractivity contribution in [2.24, 2.45) is 5.92 Å². The van der Waals surface area contributed by atoms with Crippen LogP contribution in [0.15, 0.2) is 28.3 Å². The minimum absolute atomic E-state index is 0.117. The number of thiophene rings is 1. The van der Waals surface area contributed by atoms with Gasteiger partial charge in [-0.1, -0.05) is 6.07 Å². The maximum Gasteiger partial charge on any atom is 0.276 e. The summed E-state index contributed by atoms with van der Waals surface area (Å²) in [4.78, 5) is 19.1. The van der Waals surface area contributed by atoms with Gasteiger partial charge < -0.3 is 14.4 Å². The summed E-state index contributed by atoms with van der Waals surface area (Å²) in [6, 6.07) is 3.82. The Balaban J connectivity index is 1.83. The predicted octanol–water partition coefficient (Wildman–Crippen LogP) is 1.86. The Hall–Kier alpha value is -1.66. The average Bonchev–Trinajstić information content (AvgIpc) is 3.16. The Morgan fingerprint density at radius 1 is 1.63 bits per heavy atom. The molecule has 1 N–H and O–H groups in total. The smallest absolute Gasteiger partial charge is 0.276 e. The minimum Gasteiger partial charge on any atom is -0.442 e. The number of hydrogen-bond donors (Lipinski definition) is 1. The number of aliphatic hydroxyl groups is 1. The molecular formula is C13H14N2O3S. The second-order valence-corrected chi connectivity index (χ2v) is 5.54. The number of hydrogen-bond acceptors (Lipinski definition) is 5. The molecule has 3 rings (SSSR count). The van der Waals surface area contributed by atoms with Crippen molar-refractivity contribution in [1.82, 2.24) is 9.88 Å². The largest absolute Gasteiger partial charge is 0.442 e. The van der Waals surface area contributed by atoms with Crippen LogP contribution in [-0.2, 0) is 0 Å². The van der Waals surface area contributed by atoms with Crippen molar-refractivity contribution in [2.45, 2.75) is 6.42 Å². The van der Waals surface area contributed by atoms with Crippen LogP contribution in [0.3, 0.4) is 0 Å². The highest BCUT2D eigenvalue weighted by Gasteiger charge is 2.30. The molecule has 5 nitrogen and oxygen atoms in total. The molecule has 1 saturated heterocycles. The molecule has 1 unspecified atom stereocenters. The van der Waals surface area contributed by atoms with E-state index in [1.165, 1.54) is 17.7 Å². The summed E-state index contributed by atoms with van der Waals surface area (Å²) < 4.78 is 5.35. The molecule has 0 aliphatic carbocycles. The van der Waals surface area contributed by atoms with Crippen LogP contribution in [0.2, 0.25) is 0 Å². The Bertz CT molecular complexity index is 564. The Kier molecular flexibility index (Phi) is 3.35. The molecular weight excluding hydrogens is 264 g/mol. The molecule has 19 heavy (non-hydrogen) atoms. The zero-order chi connectivity index (χ0) is 13.2. The van der Waals surface area contributed by atoms with E-state index in [1.807, 2.05) is 17.5 Å². The van der Waals surface area contributed by atoms with Gasteiger partial charge in [0.2, 0.25) is 0 Å². The molecule has 6 heteroatoms. The van der Waals surface area contributed by atoms with Crippen LogP contribution in [-0.4, -0.2) is 40.6 Å². The third-order valence-electron chi connectivity index (χ3n) is 3.35. The van der Waals surface area contributed by atoms with E-state index in [0.29, 0.717) is 24.5 Å². The van der Waals surface area contributed by atoms with E-state index in [0.717, 1.165) is 11.3 Å². The first-order valence-corrected chi connectivity index (χ1v) is 7.05. The van der Waals surface area contributed by atoms with Gasteiger partial charge in [0.25, 0.3) is 5.91 Å². The molecule has 0 saturated carbocycles. The van der Waals surface area contributed by atoms with E-state index >= 15 is 0 Å². The normalized spacial score (nSPS) is 19.0. The fourth-order valence-electron chi connectivity index (χ4n) is 2.30. The topological polar surface area (TPSA) is 66.6 Å². The highest BCUT2D eigenvalue weighted by molar-refractivity contribution is 7.13. The van der Waals surface area contributed by atoms with Gasteiger partial charge in [0.1, 0.15) is 0 Å². The first-order valence-electron chi connectivity index (χ1n) is 6.17. The number of amides is 1. The molecule has 0 bridgehead atoms. The molecule has 1 aliphatic heterocycles. The first kappa shape index (κ1) is 12.4. The zero-order valence-corrected chi connectivity index (χ0v) is 11.1. The predicted molar refractivity (Wildman–Crippen MR) is 70.9 cm³/mol. The van der Waals surface area contributed by atoms with Gasteiger partial charge in [-0.15, -0.1) is 11.3 Å². The van der Waals surface area contributed by atoms with Crippen molar-refractivity contribution in [2.75, 3.05) is 19.7 Å². The van der Waals surface area contributed by atoms with Crippen molar-refractivity contribution in [3.05, 3.63) is 29.6 Å². The number of carbonyl (C=O) groups is 1. The SMILES string of the molecule is O=C(c1ncoc1-c1cccs1)N1CCC(CO)C1. The number of carbonyl (C=O) groups excluding carboxylic acids is 1. The Labute approximate surface area is 114 Å². The van der Waals surface area contributed by atoms with Crippen molar-refractivity contribution in [3.63, 3.8) is 0 Å². The maximum atomic E-state index is 12.4. The van der Waals surface area contributed by atoms with Crippen molar-refractivity contribution in [3.8, 4) is 10.6 Å². The summed E-state index contributed by atoms with van der Waals surface area (Å²) in [6.07, 6.45) is 2.15. The van der Waals surface area contributed by atoms with Crippen LogP contribution in [0.5, 0.6) is 0 Å². The number of aromatic nitrogens is 1. The first-order chi connectivity index (χ1) is 9.29. The number of aliphatic hydroxyl groups excluding tert-OH is 1. The van der Waals surface area contributed by atoms with Gasteiger partial charge in [-0.2, -0.15) is 0 Å². The summed E-state index contributed by atoms with van der Waals surface area (Å²) >= 11 is 1.52. The zero-order valence-electron chi connectivity index (χ0n) is 10.3. The second-order valence-electron chi connectivity index (χ2n) is 4.60. The molecule has 0 radical (unpaired) electrons. The van der Waals surface area contributed by atoms with Gasteiger partial charge in [0, 0.05) is 25.6 Å². The molecule has 1 aliphatic rings. The number of nitrogens with zero attached hydrogens (tertiary/aromatic N) is 2. The standard InChI is InChI=1S/C13H14N2O3S/c16-7-9-3-4-15(6-9)13(17)11-12(18-8-14-11)10-2-1-5-19-10/h1-2,5,8-9,16H,3-4,6-7H2. The van der Waals surface area contributed by atoms with Gasteiger partial charge in [-0.3, -0.25) is 4.79 Å². The van der Waals surface area contributed by atoms with Crippen LogP contribution in [0, 0.1) is 5.92 Å². The summed E-state index contributed by atoms with van der Waals surface area (Å²) in [5, 5.41) is 11.1. The maximum absolute atomic E-state index is 12.4. The average molecular weight is 278 g/mol. The van der Waals surface area contributed by atoms with Gasteiger partial charge >= 0.3 is 0 Å². The van der Waals surface area contributed by atoms with Gasteiger partial charge in [-0.05, 0) is 17.9 Å². The molecule has 1 fully saturated rings. The van der Waals surface area contributed by atoms with E-state index < -0.39 is 0 Å². The van der Waals surface area contributed by atoms with Crippen molar-refractivity contribution in [1.29, 1.82) is 0 Å². The van der Waals surface area contributed by atoms with Crippen molar-refractivity contribution >= 4 is 17.2 Å². The van der Waals surface area contributed by atoms with Crippen LogP contribution in [0.1, 0.15) is 16.9 Å². The molecule has 2 aromatic rings. The monoisotopic (exact) mass is 278 g/mol. The van der Waals surface area contributed by atoms with Crippen LogP contribution in [0.25, 0.3) is 10.6 Å². The lowest BCUT2D eigenvalue weighted by atomic mass is 10.1. The van der Waals surface area contributed by atoms with E-state index in [9.17, 15) is 4.79 Å². The van der Waals surface area contributed by atoms with Crippen LogP contribution < -0.4 is 0 Å². The summed E-state index contributed by atoms with van der Waals surface area (Å²) in [5.74, 6) is 0.599. The van der Waals surface area contributed by atoms with Crippen molar-refractivity contribution < 1.29 is 14.3 Å². The summed E-state index contributed by atoms with van der Waals surface area (Å²) in [7, 11) is 0. The fraction of sp³-hybridized carbons (Fsp3) is 0.385. The molecule has 0 aromatic carbocycles. The Morgan fingerprint density at radius 3 is 3.21 bits per heavy atom. The van der Waals surface area contributed by atoms with Gasteiger partial charge in [-0.25, -0.2) is 4.98 Å². The molecule has 2 aromatic heterocycles. The number of oxazole rings is 1. The van der Waals surface area contributed by atoms with E-state index in [4.69, 9.17) is 9.52 Å². The molecule has 3 heterocycles. The summed E-state index contributed by atoms with van der Waals surface area (Å²) in [5.41, 5.74) is 0.362. The lowest BCUT2D eigenvalue weighted by Crippen LogP contribution is -2.29. The molecule has 1 atom stereocenters.